The zero-order chi connectivity index (χ0) is 9.54. The Hall–Kier alpha value is -1.12. The number of hydrogen-bond acceptors (Lipinski definition) is 2. The molecule has 3 rings (SSSR count). The third kappa shape index (κ3) is 1.11. The topological polar surface area (TPSA) is 34.9 Å². The van der Waals surface area contributed by atoms with Crippen molar-refractivity contribution < 1.29 is 4.79 Å². The summed E-state index contributed by atoms with van der Waals surface area (Å²) in [6, 6.07) is 0.620. The number of carbonyl (C=O) groups is 1. The number of nitrogens with zero attached hydrogens (tertiary/aromatic N) is 2. The molecule has 0 radical (unpaired) electrons. The van der Waals surface area contributed by atoms with Gasteiger partial charge in [0.25, 0.3) is 0 Å². The first-order chi connectivity index (χ1) is 6.86. The minimum Gasteiger partial charge on any atom is -0.333 e. The number of rotatable bonds is 2. The normalized spacial score (nSPS) is 35.0. The van der Waals surface area contributed by atoms with Gasteiger partial charge >= 0.3 is 0 Å². The van der Waals surface area contributed by atoms with E-state index in [0.717, 1.165) is 18.1 Å². The van der Waals surface area contributed by atoms with Crippen LogP contribution in [0.2, 0.25) is 0 Å². The Bertz CT molecular complexity index is 358. The molecule has 3 nitrogen and oxygen atoms in total. The number of fused-ring (bicyclic) bond motifs is 2. The molecule has 1 aromatic heterocycles. The average Bonchev–Trinajstić information content (AvgIpc) is 2.93. The molecule has 0 spiro atoms. The highest BCUT2D eigenvalue weighted by Gasteiger charge is 2.40. The fraction of sp³-hybridized carbons (Fsp3) is 0.636. The Labute approximate surface area is 83.1 Å². The Balaban J connectivity index is 1.85. The van der Waals surface area contributed by atoms with Crippen LogP contribution in [0, 0.1) is 11.8 Å². The second kappa shape index (κ2) is 2.94. The van der Waals surface area contributed by atoms with Crippen molar-refractivity contribution in [3.8, 4) is 0 Å². The minimum atomic E-state index is 0.563. The van der Waals surface area contributed by atoms with Crippen molar-refractivity contribution in [2.24, 2.45) is 11.8 Å². The van der Waals surface area contributed by atoms with E-state index in [9.17, 15) is 4.79 Å². The molecule has 0 amide bonds. The van der Waals surface area contributed by atoms with Crippen LogP contribution >= 0.6 is 0 Å². The van der Waals surface area contributed by atoms with Crippen LogP contribution < -0.4 is 0 Å². The van der Waals surface area contributed by atoms with E-state index < -0.39 is 0 Å². The highest BCUT2D eigenvalue weighted by atomic mass is 16.1. The van der Waals surface area contributed by atoms with Crippen molar-refractivity contribution >= 4 is 6.29 Å². The van der Waals surface area contributed by atoms with Gasteiger partial charge in [-0.05, 0) is 31.1 Å². The van der Waals surface area contributed by atoms with Gasteiger partial charge in [-0.2, -0.15) is 0 Å². The fourth-order valence-electron chi connectivity index (χ4n) is 3.17. The molecule has 74 valence electrons. The zero-order valence-corrected chi connectivity index (χ0v) is 8.10. The molecule has 1 heterocycles. The van der Waals surface area contributed by atoms with Crippen molar-refractivity contribution in [2.45, 2.75) is 31.7 Å². The van der Waals surface area contributed by atoms with Crippen LogP contribution in [-0.2, 0) is 0 Å². The molecule has 3 unspecified atom stereocenters. The van der Waals surface area contributed by atoms with Gasteiger partial charge < -0.3 is 4.57 Å². The summed E-state index contributed by atoms with van der Waals surface area (Å²) in [5, 5.41) is 0. The molecule has 2 aliphatic carbocycles. The quantitative estimate of drug-likeness (QED) is 0.669. The summed E-state index contributed by atoms with van der Waals surface area (Å²) in [6.45, 7) is 0. The maximum atomic E-state index is 10.5. The SMILES string of the molecule is O=Cc1cn(C2CC3CCC2C3)cn1. The molecule has 2 bridgehead atoms. The van der Waals surface area contributed by atoms with Crippen LogP contribution in [0.25, 0.3) is 0 Å². The Morgan fingerprint density at radius 3 is 2.93 bits per heavy atom. The maximum absolute atomic E-state index is 10.5. The lowest BCUT2D eigenvalue weighted by Gasteiger charge is -2.22. The average molecular weight is 190 g/mol. The third-order valence-corrected chi connectivity index (χ3v) is 3.83. The molecular weight excluding hydrogens is 176 g/mol. The lowest BCUT2D eigenvalue weighted by molar-refractivity contribution is 0.111. The van der Waals surface area contributed by atoms with Crippen molar-refractivity contribution in [2.75, 3.05) is 0 Å². The Kier molecular flexibility index (Phi) is 1.72. The van der Waals surface area contributed by atoms with Crippen molar-refractivity contribution in [3.05, 3.63) is 18.2 Å². The van der Waals surface area contributed by atoms with Gasteiger partial charge in [-0.1, -0.05) is 6.42 Å². The Morgan fingerprint density at radius 2 is 2.36 bits per heavy atom. The molecule has 0 aliphatic heterocycles. The molecule has 2 aliphatic rings. The number of imidazole rings is 1. The Morgan fingerprint density at radius 1 is 1.43 bits per heavy atom. The third-order valence-electron chi connectivity index (χ3n) is 3.83. The van der Waals surface area contributed by atoms with Gasteiger partial charge in [0.05, 0.1) is 6.33 Å². The second-order valence-electron chi connectivity index (χ2n) is 4.61. The van der Waals surface area contributed by atoms with Crippen LogP contribution in [0.3, 0.4) is 0 Å². The van der Waals surface area contributed by atoms with Gasteiger partial charge in [-0.25, -0.2) is 4.98 Å². The van der Waals surface area contributed by atoms with E-state index in [4.69, 9.17) is 0 Å². The summed E-state index contributed by atoms with van der Waals surface area (Å²) in [5.41, 5.74) is 0.563. The van der Waals surface area contributed by atoms with Gasteiger partial charge in [0, 0.05) is 12.2 Å². The van der Waals surface area contributed by atoms with Crippen LogP contribution in [0.5, 0.6) is 0 Å². The van der Waals surface area contributed by atoms with Crippen LogP contribution in [0.4, 0.5) is 0 Å². The van der Waals surface area contributed by atoms with E-state index in [1.165, 1.54) is 25.7 Å². The minimum absolute atomic E-state index is 0.563. The monoisotopic (exact) mass is 190 g/mol. The molecule has 2 fully saturated rings. The van der Waals surface area contributed by atoms with Crippen molar-refractivity contribution in [1.29, 1.82) is 0 Å². The fourth-order valence-corrected chi connectivity index (χ4v) is 3.17. The molecule has 3 atom stereocenters. The summed E-state index contributed by atoms with van der Waals surface area (Å²) in [6.07, 6.45) is 9.98. The van der Waals surface area contributed by atoms with Gasteiger partial charge in [0.1, 0.15) is 5.69 Å². The van der Waals surface area contributed by atoms with Gasteiger partial charge in [-0.15, -0.1) is 0 Å². The number of aldehydes is 1. The van der Waals surface area contributed by atoms with Gasteiger partial charge in [0.15, 0.2) is 6.29 Å². The summed E-state index contributed by atoms with van der Waals surface area (Å²) in [4.78, 5) is 14.6. The van der Waals surface area contributed by atoms with E-state index in [0.29, 0.717) is 11.7 Å². The van der Waals surface area contributed by atoms with Crippen LogP contribution in [0.15, 0.2) is 12.5 Å². The van der Waals surface area contributed by atoms with E-state index in [1.807, 2.05) is 12.5 Å². The van der Waals surface area contributed by atoms with E-state index in [1.54, 1.807) is 0 Å². The highest BCUT2D eigenvalue weighted by molar-refractivity contribution is 5.70. The first-order valence-corrected chi connectivity index (χ1v) is 5.35. The van der Waals surface area contributed by atoms with Crippen molar-refractivity contribution in [1.82, 2.24) is 9.55 Å². The largest absolute Gasteiger partial charge is 0.333 e. The second-order valence-corrected chi connectivity index (χ2v) is 4.61. The van der Waals surface area contributed by atoms with Crippen LogP contribution in [-0.4, -0.2) is 15.8 Å². The molecule has 3 heteroatoms. The molecule has 14 heavy (non-hydrogen) atoms. The number of carbonyl (C=O) groups excluding carboxylic acids is 1. The molecular formula is C11H14N2O. The summed E-state index contributed by atoms with van der Waals surface area (Å²) in [5.74, 6) is 1.78. The summed E-state index contributed by atoms with van der Waals surface area (Å²) >= 11 is 0. The first-order valence-electron chi connectivity index (χ1n) is 5.35. The van der Waals surface area contributed by atoms with Gasteiger partial charge in [-0.3, -0.25) is 4.79 Å². The molecule has 2 saturated carbocycles. The summed E-state index contributed by atoms with van der Waals surface area (Å²) < 4.78 is 2.15. The standard InChI is InChI=1S/C11H14N2O/c14-6-10-5-13(7-12-10)11-4-8-1-2-9(11)3-8/h5-9,11H,1-4H2. The molecule has 0 saturated heterocycles. The lowest BCUT2D eigenvalue weighted by Crippen LogP contribution is -2.14. The molecule has 0 aromatic carbocycles. The van der Waals surface area contributed by atoms with Crippen molar-refractivity contribution in [3.63, 3.8) is 0 Å². The maximum Gasteiger partial charge on any atom is 0.169 e. The smallest absolute Gasteiger partial charge is 0.169 e. The summed E-state index contributed by atoms with van der Waals surface area (Å²) in [7, 11) is 0. The van der Waals surface area contributed by atoms with E-state index in [-0.39, 0.29) is 0 Å². The zero-order valence-electron chi connectivity index (χ0n) is 8.10. The van der Waals surface area contributed by atoms with E-state index in [2.05, 4.69) is 9.55 Å². The van der Waals surface area contributed by atoms with Gasteiger partial charge in [0.2, 0.25) is 0 Å². The van der Waals surface area contributed by atoms with E-state index >= 15 is 0 Å². The first kappa shape index (κ1) is 8.21. The van der Waals surface area contributed by atoms with Crippen LogP contribution in [0.1, 0.15) is 42.2 Å². The predicted octanol–water partition coefficient (Wildman–Crippen LogP) is 2.06. The lowest BCUT2D eigenvalue weighted by atomic mass is 9.95. The molecule has 1 aromatic rings. The number of aromatic nitrogens is 2. The number of hydrogen-bond donors (Lipinski definition) is 0. The predicted molar refractivity (Wildman–Crippen MR) is 52.1 cm³/mol. The molecule has 0 N–H and O–H groups in total. The highest BCUT2D eigenvalue weighted by Crippen LogP contribution is 2.50.